The predicted octanol–water partition coefficient (Wildman–Crippen LogP) is 6.16. The first-order valence-electron chi connectivity index (χ1n) is 12.3. The number of fused-ring (bicyclic) bond motifs is 1. The van der Waals surface area contributed by atoms with Crippen LogP contribution in [0.4, 0.5) is 24.8 Å². The topological polar surface area (TPSA) is 98.4 Å². The van der Waals surface area contributed by atoms with Crippen LogP contribution < -0.4 is 9.64 Å². The Balaban J connectivity index is 1.25. The number of thioether (sulfide) groups is 1. The smallest absolute Gasteiger partial charge is 0.406 e. The Kier molecular flexibility index (Phi) is 6.66. The van der Waals surface area contributed by atoms with Crippen LogP contribution in [0.25, 0.3) is 28.0 Å². The van der Waals surface area contributed by atoms with Crippen LogP contribution >= 0.6 is 11.8 Å². The number of alkyl halides is 3. The molecule has 5 aromatic rings. The number of aryl methyl sites for hydroxylation is 2. The zero-order chi connectivity index (χ0) is 28.7. The summed E-state index contributed by atoms with van der Waals surface area (Å²) in [4.78, 5) is 32.3. The second-order valence-electron chi connectivity index (χ2n) is 9.15. The number of aliphatic imine (C=N–C) groups is 1. The summed E-state index contributed by atoms with van der Waals surface area (Å²) < 4.78 is 42.6. The van der Waals surface area contributed by atoms with E-state index < -0.39 is 6.36 Å². The SMILES string of the molecule is Cc1cccc(C)c1N1C(=O)CSC1=Nc1ncc2cc(-c3ncn(-c4ccc(OC(F)(F)F)cc4)n3)ccc2n1. The van der Waals surface area contributed by atoms with E-state index in [1.807, 2.05) is 44.2 Å². The lowest BCUT2D eigenvalue weighted by Crippen LogP contribution is -2.30. The highest BCUT2D eigenvalue weighted by atomic mass is 32.2. The van der Waals surface area contributed by atoms with Crippen molar-refractivity contribution in [3.8, 4) is 22.8 Å². The van der Waals surface area contributed by atoms with Crippen molar-refractivity contribution in [1.29, 1.82) is 0 Å². The van der Waals surface area contributed by atoms with Crippen molar-refractivity contribution in [2.75, 3.05) is 10.7 Å². The van der Waals surface area contributed by atoms with Crippen LogP contribution in [0.5, 0.6) is 5.75 Å². The number of halogens is 3. The maximum atomic E-state index is 12.7. The number of anilines is 1. The van der Waals surface area contributed by atoms with Gasteiger partial charge in [-0.25, -0.2) is 19.6 Å². The Morgan fingerprint density at radius 2 is 1.76 bits per heavy atom. The lowest BCUT2D eigenvalue weighted by atomic mass is 10.1. The van der Waals surface area contributed by atoms with E-state index in [2.05, 4.69) is 29.8 Å². The van der Waals surface area contributed by atoms with Crippen LogP contribution in [0.3, 0.4) is 0 Å². The average molecular weight is 576 g/mol. The fourth-order valence-electron chi connectivity index (χ4n) is 4.45. The maximum Gasteiger partial charge on any atom is 0.573 e. The second-order valence-corrected chi connectivity index (χ2v) is 10.1. The molecule has 1 aliphatic heterocycles. The van der Waals surface area contributed by atoms with Gasteiger partial charge in [-0.05, 0) is 67.4 Å². The summed E-state index contributed by atoms with van der Waals surface area (Å²) in [6.45, 7) is 3.92. The number of benzene rings is 3. The first kappa shape index (κ1) is 26.4. The molecule has 1 aliphatic rings. The lowest BCUT2D eigenvalue weighted by Gasteiger charge is -2.20. The number of nitrogens with zero attached hydrogens (tertiary/aromatic N) is 7. The van der Waals surface area contributed by atoms with Gasteiger partial charge >= 0.3 is 6.36 Å². The molecule has 1 fully saturated rings. The minimum absolute atomic E-state index is 0.0471. The Bertz CT molecular complexity index is 1800. The highest BCUT2D eigenvalue weighted by molar-refractivity contribution is 8.15. The van der Waals surface area contributed by atoms with Gasteiger partial charge in [-0.1, -0.05) is 30.0 Å². The van der Waals surface area contributed by atoms with Crippen molar-refractivity contribution >= 4 is 45.4 Å². The Morgan fingerprint density at radius 3 is 2.49 bits per heavy atom. The molecule has 2 aromatic heterocycles. The molecule has 9 nitrogen and oxygen atoms in total. The van der Waals surface area contributed by atoms with Crippen LogP contribution in [0.1, 0.15) is 11.1 Å². The molecule has 0 bridgehead atoms. The molecule has 0 aliphatic carbocycles. The minimum atomic E-state index is -4.76. The third-order valence-electron chi connectivity index (χ3n) is 6.28. The molecule has 0 radical (unpaired) electrons. The number of rotatable bonds is 5. The lowest BCUT2D eigenvalue weighted by molar-refractivity contribution is -0.274. The van der Waals surface area contributed by atoms with Gasteiger partial charge in [0.15, 0.2) is 11.0 Å². The molecule has 0 unspecified atom stereocenters. The van der Waals surface area contributed by atoms with Gasteiger partial charge in [0.05, 0.1) is 22.6 Å². The van der Waals surface area contributed by atoms with E-state index in [0.717, 1.165) is 22.2 Å². The molecule has 0 spiro atoms. The van der Waals surface area contributed by atoms with Gasteiger partial charge < -0.3 is 4.74 Å². The van der Waals surface area contributed by atoms with Crippen molar-refractivity contribution in [2.45, 2.75) is 20.2 Å². The monoisotopic (exact) mass is 575 g/mol. The number of ether oxygens (including phenoxy) is 1. The third kappa shape index (κ3) is 5.48. The van der Waals surface area contributed by atoms with E-state index >= 15 is 0 Å². The fourth-order valence-corrected chi connectivity index (χ4v) is 5.30. The van der Waals surface area contributed by atoms with Gasteiger partial charge in [0.2, 0.25) is 5.91 Å². The van der Waals surface area contributed by atoms with E-state index in [-0.39, 0.29) is 23.4 Å². The molecule has 41 heavy (non-hydrogen) atoms. The molecular formula is C28H20F3N7O2S. The van der Waals surface area contributed by atoms with Gasteiger partial charge in [-0.2, -0.15) is 4.99 Å². The standard InChI is InChI=1S/C28H20F3N7O2S/c1-16-4-3-5-17(2)24(16)38-23(39)14-41-27(38)35-26-32-13-19-12-18(6-11-22(19)34-26)25-33-15-37(36-25)20-7-9-21(10-8-20)40-28(29,30)31/h3-13,15H,14H2,1-2H3. The summed E-state index contributed by atoms with van der Waals surface area (Å²) in [5, 5.41) is 5.70. The largest absolute Gasteiger partial charge is 0.573 e. The first-order chi connectivity index (χ1) is 19.6. The second kappa shape index (κ2) is 10.3. The van der Waals surface area contributed by atoms with E-state index in [9.17, 15) is 18.0 Å². The predicted molar refractivity (Wildman–Crippen MR) is 150 cm³/mol. The van der Waals surface area contributed by atoms with E-state index in [1.54, 1.807) is 17.2 Å². The molecule has 0 saturated carbocycles. The number of carbonyl (C=O) groups excluding carboxylic acids is 1. The fraction of sp³-hybridized carbons (Fsp3) is 0.143. The Labute approximate surface area is 235 Å². The third-order valence-corrected chi connectivity index (χ3v) is 7.20. The van der Waals surface area contributed by atoms with Gasteiger partial charge in [-0.3, -0.25) is 9.69 Å². The van der Waals surface area contributed by atoms with Gasteiger partial charge in [0.1, 0.15) is 12.1 Å². The maximum absolute atomic E-state index is 12.7. The summed E-state index contributed by atoms with van der Waals surface area (Å²) in [6.07, 6.45) is -1.64. The Hall–Kier alpha value is -4.78. The number of hydrogen-bond donors (Lipinski definition) is 0. The number of carbonyl (C=O) groups is 1. The molecule has 3 aromatic carbocycles. The van der Waals surface area contributed by atoms with Gasteiger partial charge in [0.25, 0.3) is 5.95 Å². The molecule has 13 heteroatoms. The quantitative estimate of drug-likeness (QED) is 0.248. The Morgan fingerprint density at radius 1 is 1.00 bits per heavy atom. The first-order valence-corrected chi connectivity index (χ1v) is 13.3. The van der Waals surface area contributed by atoms with Crippen LogP contribution in [-0.4, -0.2) is 47.9 Å². The van der Waals surface area contributed by atoms with Crippen molar-refractivity contribution < 1.29 is 22.7 Å². The van der Waals surface area contributed by atoms with Gasteiger partial charge in [0, 0.05) is 17.1 Å². The van der Waals surface area contributed by atoms with E-state index in [1.165, 1.54) is 47.0 Å². The molecule has 0 N–H and O–H groups in total. The number of para-hydroxylation sites is 1. The molecule has 6 rings (SSSR count). The average Bonchev–Trinajstić information content (AvgIpc) is 3.56. The summed E-state index contributed by atoms with van der Waals surface area (Å²) in [6, 6.07) is 16.6. The molecule has 1 saturated heterocycles. The summed E-state index contributed by atoms with van der Waals surface area (Å²) in [5.41, 5.74) is 4.64. The van der Waals surface area contributed by atoms with Crippen molar-refractivity contribution in [3.63, 3.8) is 0 Å². The summed E-state index contributed by atoms with van der Waals surface area (Å²) in [5.74, 6) is 0.566. The van der Waals surface area contributed by atoms with Crippen LogP contribution in [-0.2, 0) is 4.79 Å². The van der Waals surface area contributed by atoms with E-state index in [4.69, 9.17) is 0 Å². The summed E-state index contributed by atoms with van der Waals surface area (Å²) in [7, 11) is 0. The normalized spacial score (nSPS) is 14.8. The molecule has 206 valence electrons. The van der Waals surface area contributed by atoms with Gasteiger partial charge in [-0.15, -0.1) is 18.3 Å². The molecule has 3 heterocycles. The highest BCUT2D eigenvalue weighted by Gasteiger charge is 2.32. The van der Waals surface area contributed by atoms with Crippen LogP contribution in [0.15, 0.2) is 78.2 Å². The van der Waals surface area contributed by atoms with Crippen molar-refractivity contribution in [2.24, 2.45) is 4.99 Å². The number of amidine groups is 1. The van der Waals surface area contributed by atoms with Crippen molar-refractivity contribution in [3.05, 3.63) is 84.3 Å². The minimum Gasteiger partial charge on any atom is -0.406 e. The molecule has 1 amide bonds. The number of hydrogen-bond acceptors (Lipinski definition) is 8. The number of aromatic nitrogens is 5. The number of amides is 1. The zero-order valence-electron chi connectivity index (χ0n) is 21.6. The van der Waals surface area contributed by atoms with Crippen LogP contribution in [0, 0.1) is 13.8 Å². The van der Waals surface area contributed by atoms with Crippen molar-refractivity contribution in [1.82, 2.24) is 24.7 Å². The zero-order valence-corrected chi connectivity index (χ0v) is 22.4. The molecule has 0 atom stereocenters. The van der Waals surface area contributed by atoms with E-state index in [0.29, 0.717) is 27.8 Å². The summed E-state index contributed by atoms with van der Waals surface area (Å²) >= 11 is 1.34. The highest BCUT2D eigenvalue weighted by Crippen LogP contribution is 2.33. The molecular weight excluding hydrogens is 555 g/mol. The van der Waals surface area contributed by atoms with Crippen LogP contribution in [0.2, 0.25) is 0 Å².